The number of aliphatic carboxylic acids is 1. The lowest BCUT2D eigenvalue weighted by Gasteiger charge is -2.15. The van der Waals surface area contributed by atoms with Crippen molar-refractivity contribution in [2.45, 2.75) is 90.4 Å². The molecule has 1 fully saturated rings. The molecule has 0 aliphatic carbocycles. The summed E-state index contributed by atoms with van der Waals surface area (Å²) in [4.78, 5) is 24.3. The third-order valence-corrected chi connectivity index (χ3v) is 4.85. The summed E-state index contributed by atoms with van der Waals surface area (Å²) in [5, 5.41) is 8.94. The van der Waals surface area contributed by atoms with Crippen molar-refractivity contribution in [3.63, 3.8) is 0 Å². The number of unbranched alkanes of at least 4 members (excludes halogenated alkanes) is 11. The van der Waals surface area contributed by atoms with Crippen molar-refractivity contribution in [1.29, 1.82) is 0 Å². The predicted molar refractivity (Wildman–Crippen MR) is 93.4 cm³/mol. The van der Waals surface area contributed by atoms with E-state index in [1.54, 1.807) is 4.90 Å². The van der Waals surface area contributed by atoms with Gasteiger partial charge >= 0.3 is 5.97 Å². The normalized spacial score (nSPS) is 17.9. The molecule has 134 valence electrons. The van der Waals surface area contributed by atoms with Gasteiger partial charge in [-0.2, -0.15) is 0 Å². The van der Waals surface area contributed by atoms with Gasteiger partial charge in [0.25, 0.3) is 0 Å². The summed E-state index contributed by atoms with van der Waals surface area (Å²) in [6.07, 6.45) is 15.8. The molecule has 1 aliphatic rings. The van der Waals surface area contributed by atoms with Crippen molar-refractivity contribution in [3.8, 4) is 0 Å². The Labute approximate surface area is 141 Å². The predicted octanol–water partition coefficient (Wildman–Crippen LogP) is 4.62. The largest absolute Gasteiger partial charge is 0.481 e. The van der Waals surface area contributed by atoms with Crippen LogP contribution in [0, 0.1) is 5.92 Å². The van der Waals surface area contributed by atoms with Crippen LogP contribution in [-0.4, -0.2) is 35.0 Å². The average molecular weight is 325 g/mol. The van der Waals surface area contributed by atoms with E-state index >= 15 is 0 Å². The monoisotopic (exact) mass is 325 g/mol. The molecule has 1 amide bonds. The van der Waals surface area contributed by atoms with Crippen molar-refractivity contribution in [2.75, 3.05) is 13.1 Å². The van der Waals surface area contributed by atoms with Gasteiger partial charge in [0.05, 0.1) is 5.92 Å². The Balaban J connectivity index is 1.87. The van der Waals surface area contributed by atoms with Crippen LogP contribution in [0.25, 0.3) is 0 Å². The van der Waals surface area contributed by atoms with Crippen LogP contribution >= 0.6 is 0 Å². The Morgan fingerprint density at radius 1 is 0.957 bits per heavy atom. The number of carboxylic acid groups (broad SMARTS) is 1. The lowest BCUT2D eigenvalue weighted by molar-refractivity contribution is -0.141. The highest BCUT2D eigenvalue weighted by Crippen LogP contribution is 2.19. The van der Waals surface area contributed by atoms with Gasteiger partial charge in [0.2, 0.25) is 5.91 Å². The molecular formula is C19H35NO3. The Bertz CT molecular complexity index is 344. The minimum atomic E-state index is -0.837. The highest BCUT2D eigenvalue weighted by molar-refractivity contribution is 5.86. The number of rotatable bonds is 14. The van der Waals surface area contributed by atoms with Gasteiger partial charge in [0, 0.05) is 19.5 Å². The number of carboxylic acids is 1. The van der Waals surface area contributed by atoms with Crippen LogP contribution in [0.5, 0.6) is 0 Å². The Hall–Kier alpha value is -1.06. The van der Waals surface area contributed by atoms with Crippen LogP contribution < -0.4 is 0 Å². The molecule has 1 atom stereocenters. The molecule has 1 saturated heterocycles. The molecule has 0 aromatic heterocycles. The summed E-state index contributed by atoms with van der Waals surface area (Å²) in [5.74, 6) is -1.31. The van der Waals surface area contributed by atoms with E-state index in [9.17, 15) is 9.59 Å². The summed E-state index contributed by atoms with van der Waals surface area (Å²) in [6, 6.07) is 0. The minimum absolute atomic E-state index is 0.0143. The van der Waals surface area contributed by atoms with Crippen LogP contribution in [-0.2, 0) is 9.59 Å². The quantitative estimate of drug-likeness (QED) is 0.474. The maximum absolute atomic E-state index is 11.7. The molecule has 1 unspecified atom stereocenters. The van der Waals surface area contributed by atoms with Crippen molar-refractivity contribution >= 4 is 11.9 Å². The molecule has 4 heteroatoms. The van der Waals surface area contributed by atoms with E-state index in [0.29, 0.717) is 6.54 Å². The standard InChI is InChI=1S/C19H35NO3/c1-2-3-4-5-6-7-8-9-10-11-12-13-14-20-16-17(19(22)23)15-18(20)21/h17H,2-16H2,1H3,(H,22,23). The second-order valence-corrected chi connectivity index (χ2v) is 6.97. The fraction of sp³-hybridized carbons (Fsp3) is 0.895. The van der Waals surface area contributed by atoms with E-state index in [1.807, 2.05) is 0 Å². The second kappa shape index (κ2) is 12.4. The van der Waals surface area contributed by atoms with E-state index in [0.717, 1.165) is 19.4 Å². The van der Waals surface area contributed by atoms with E-state index in [2.05, 4.69) is 6.92 Å². The van der Waals surface area contributed by atoms with Gasteiger partial charge in [-0.1, -0.05) is 77.6 Å². The van der Waals surface area contributed by atoms with E-state index in [1.165, 1.54) is 64.2 Å². The summed E-state index contributed by atoms with van der Waals surface area (Å²) in [5.41, 5.74) is 0. The lowest BCUT2D eigenvalue weighted by Crippen LogP contribution is -2.27. The van der Waals surface area contributed by atoms with Crippen molar-refractivity contribution in [2.24, 2.45) is 5.92 Å². The van der Waals surface area contributed by atoms with E-state index in [-0.39, 0.29) is 12.3 Å². The first-order valence-electron chi connectivity index (χ1n) is 9.65. The smallest absolute Gasteiger partial charge is 0.308 e. The molecule has 0 saturated carbocycles. The highest BCUT2D eigenvalue weighted by Gasteiger charge is 2.33. The number of hydrogen-bond acceptors (Lipinski definition) is 2. The number of hydrogen-bond donors (Lipinski definition) is 1. The molecule has 1 N–H and O–H groups in total. The maximum Gasteiger partial charge on any atom is 0.308 e. The Morgan fingerprint density at radius 3 is 1.87 bits per heavy atom. The zero-order valence-electron chi connectivity index (χ0n) is 14.9. The van der Waals surface area contributed by atoms with Gasteiger partial charge in [-0.25, -0.2) is 0 Å². The highest BCUT2D eigenvalue weighted by atomic mass is 16.4. The summed E-state index contributed by atoms with van der Waals surface area (Å²) >= 11 is 0. The molecule has 1 rings (SSSR count). The van der Waals surface area contributed by atoms with Gasteiger partial charge in [0.1, 0.15) is 0 Å². The molecule has 1 aliphatic heterocycles. The molecule has 0 aromatic rings. The maximum atomic E-state index is 11.7. The van der Waals surface area contributed by atoms with Crippen LogP contribution in [0.3, 0.4) is 0 Å². The fourth-order valence-electron chi connectivity index (χ4n) is 3.30. The summed E-state index contributed by atoms with van der Waals surface area (Å²) < 4.78 is 0. The van der Waals surface area contributed by atoms with Gasteiger partial charge in [-0.05, 0) is 6.42 Å². The van der Waals surface area contributed by atoms with Crippen molar-refractivity contribution in [1.82, 2.24) is 4.90 Å². The first-order valence-corrected chi connectivity index (χ1v) is 9.65. The third-order valence-electron chi connectivity index (χ3n) is 4.85. The first kappa shape index (κ1) is 20.0. The van der Waals surface area contributed by atoms with Gasteiger partial charge < -0.3 is 10.0 Å². The number of carbonyl (C=O) groups is 2. The molecule has 0 radical (unpaired) electrons. The van der Waals surface area contributed by atoms with Crippen LogP contribution in [0.4, 0.5) is 0 Å². The molecule has 0 aromatic carbocycles. The SMILES string of the molecule is CCCCCCCCCCCCCCN1CC(C(=O)O)CC1=O. The number of nitrogens with zero attached hydrogens (tertiary/aromatic N) is 1. The minimum Gasteiger partial charge on any atom is -0.481 e. The van der Waals surface area contributed by atoms with Crippen molar-refractivity contribution < 1.29 is 14.7 Å². The van der Waals surface area contributed by atoms with Crippen LogP contribution in [0.15, 0.2) is 0 Å². The van der Waals surface area contributed by atoms with E-state index < -0.39 is 11.9 Å². The number of likely N-dealkylation sites (tertiary alicyclic amines) is 1. The molecule has 0 spiro atoms. The molecule has 1 heterocycles. The number of amides is 1. The molecular weight excluding hydrogens is 290 g/mol. The van der Waals surface area contributed by atoms with E-state index in [4.69, 9.17) is 5.11 Å². The molecule has 4 nitrogen and oxygen atoms in total. The zero-order valence-corrected chi connectivity index (χ0v) is 14.9. The van der Waals surface area contributed by atoms with Crippen LogP contribution in [0.1, 0.15) is 90.4 Å². The Morgan fingerprint density at radius 2 is 1.43 bits per heavy atom. The first-order chi connectivity index (χ1) is 11.1. The number of carbonyl (C=O) groups excluding carboxylic acids is 1. The molecule has 0 bridgehead atoms. The summed E-state index contributed by atoms with van der Waals surface area (Å²) in [6.45, 7) is 3.40. The molecule has 23 heavy (non-hydrogen) atoms. The van der Waals surface area contributed by atoms with Gasteiger partial charge in [-0.15, -0.1) is 0 Å². The van der Waals surface area contributed by atoms with Crippen LogP contribution in [0.2, 0.25) is 0 Å². The lowest BCUT2D eigenvalue weighted by atomic mass is 10.1. The zero-order chi connectivity index (χ0) is 16.9. The topological polar surface area (TPSA) is 57.6 Å². The van der Waals surface area contributed by atoms with Gasteiger partial charge in [0.15, 0.2) is 0 Å². The van der Waals surface area contributed by atoms with Gasteiger partial charge in [-0.3, -0.25) is 9.59 Å². The third kappa shape index (κ3) is 8.97. The Kier molecular flexibility index (Phi) is 10.8. The summed E-state index contributed by atoms with van der Waals surface area (Å²) in [7, 11) is 0. The average Bonchev–Trinajstić information content (AvgIpc) is 2.90. The van der Waals surface area contributed by atoms with Crippen molar-refractivity contribution in [3.05, 3.63) is 0 Å². The fourth-order valence-corrected chi connectivity index (χ4v) is 3.30. The second-order valence-electron chi connectivity index (χ2n) is 6.97.